The number of hydrogen-bond donors (Lipinski definition) is 0. The highest BCUT2D eigenvalue weighted by Gasteiger charge is 2.40. The van der Waals surface area contributed by atoms with Gasteiger partial charge < -0.3 is 8.85 Å². The van der Waals surface area contributed by atoms with E-state index >= 15 is 0 Å². The van der Waals surface area contributed by atoms with Gasteiger partial charge >= 0.3 is 0 Å². The Kier molecular flexibility index (Phi) is 9.97. The van der Waals surface area contributed by atoms with Gasteiger partial charge in [-0.05, 0) is 60.4 Å². The van der Waals surface area contributed by atoms with Crippen LogP contribution in [0.4, 0.5) is 0 Å². The lowest BCUT2D eigenvalue weighted by atomic mass is 10.1. The molecule has 176 valence electrons. The van der Waals surface area contributed by atoms with Crippen molar-refractivity contribution in [1.82, 2.24) is 0 Å². The zero-order valence-corrected chi connectivity index (χ0v) is 24.3. The zero-order valence-electron chi connectivity index (χ0n) is 22.3. The number of rotatable bonds is 9. The monoisotopic (exact) mass is 460 g/mol. The van der Waals surface area contributed by atoms with Crippen molar-refractivity contribution in [2.75, 3.05) is 0 Å². The van der Waals surface area contributed by atoms with E-state index in [4.69, 9.17) is 8.85 Å². The molecule has 0 heterocycles. The summed E-state index contributed by atoms with van der Waals surface area (Å²) in [5, 5.41) is 0.309. The van der Waals surface area contributed by atoms with E-state index in [1.165, 1.54) is 31.2 Å². The van der Waals surface area contributed by atoms with Gasteiger partial charge in [0.1, 0.15) is 11.5 Å². The highest BCUT2D eigenvalue weighted by molar-refractivity contribution is 6.75. The Morgan fingerprint density at radius 3 is 1.61 bits per heavy atom. The lowest BCUT2D eigenvalue weighted by molar-refractivity contribution is 0.474. The van der Waals surface area contributed by atoms with E-state index in [1.54, 1.807) is 0 Å². The fourth-order valence-corrected chi connectivity index (χ4v) is 4.67. The summed E-state index contributed by atoms with van der Waals surface area (Å²) in [7, 11) is -3.85. The molecule has 1 aromatic rings. The number of benzene rings is 1. The van der Waals surface area contributed by atoms with E-state index < -0.39 is 16.6 Å². The molecule has 0 saturated carbocycles. The summed E-state index contributed by atoms with van der Waals surface area (Å²) in [5.41, 5.74) is 1.19. The molecular weight excluding hydrogens is 412 g/mol. The van der Waals surface area contributed by atoms with Gasteiger partial charge in [0.25, 0.3) is 0 Å². The highest BCUT2D eigenvalue weighted by Crippen LogP contribution is 2.40. The quantitative estimate of drug-likeness (QED) is 0.208. The van der Waals surface area contributed by atoms with Crippen molar-refractivity contribution in [3.63, 3.8) is 0 Å². The zero-order chi connectivity index (χ0) is 23.9. The van der Waals surface area contributed by atoms with E-state index in [9.17, 15) is 0 Å². The Balaban J connectivity index is 3.12. The Morgan fingerprint density at radius 2 is 1.19 bits per heavy atom. The van der Waals surface area contributed by atoms with Crippen molar-refractivity contribution in [2.45, 2.75) is 123 Å². The first-order valence-corrected chi connectivity index (χ1v) is 17.9. The van der Waals surface area contributed by atoms with Gasteiger partial charge in [0, 0.05) is 18.9 Å². The van der Waals surface area contributed by atoms with Crippen LogP contribution in [-0.4, -0.2) is 16.6 Å². The van der Waals surface area contributed by atoms with E-state index in [2.05, 4.69) is 105 Å². The van der Waals surface area contributed by atoms with Crippen LogP contribution in [0.25, 0.3) is 0 Å². The second-order valence-electron chi connectivity index (χ2n) is 11.9. The van der Waals surface area contributed by atoms with Crippen molar-refractivity contribution in [2.24, 2.45) is 0 Å². The first-order chi connectivity index (χ1) is 14.1. The molecule has 0 amide bonds. The van der Waals surface area contributed by atoms with Crippen LogP contribution < -0.4 is 8.85 Å². The summed E-state index contributed by atoms with van der Waals surface area (Å²) in [6, 6.07) is 6.44. The van der Waals surface area contributed by atoms with Crippen molar-refractivity contribution in [3.8, 4) is 23.3 Å². The van der Waals surface area contributed by atoms with Crippen LogP contribution in [0.15, 0.2) is 18.2 Å². The number of hydrogen-bond acceptors (Lipinski definition) is 2. The van der Waals surface area contributed by atoms with Gasteiger partial charge in [0.2, 0.25) is 16.6 Å². The molecule has 0 aliphatic carbocycles. The van der Waals surface area contributed by atoms with E-state index in [1.807, 2.05) is 0 Å². The summed E-state index contributed by atoms with van der Waals surface area (Å²) in [6.07, 6.45) is 6.80. The molecule has 0 radical (unpaired) electrons. The van der Waals surface area contributed by atoms with Crippen LogP contribution >= 0.6 is 0 Å². The molecule has 0 N–H and O–H groups in total. The summed E-state index contributed by atoms with van der Waals surface area (Å²) < 4.78 is 13.3. The van der Waals surface area contributed by atoms with Crippen LogP contribution in [0, 0.1) is 11.8 Å². The maximum atomic E-state index is 6.65. The largest absolute Gasteiger partial charge is 0.543 e. The summed E-state index contributed by atoms with van der Waals surface area (Å²) in [4.78, 5) is 0. The minimum Gasteiger partial charge on any atom is -0.543 e. The van der Waals surface area contributed by atoms with E-state index in [-0.39, 0.29) is 10.1 Å². The molecule has 4 heteroatoms. The Morgan fingerprint density at radius 1 is 0.710 bits per heavy atom. The molecule has 0 unspecified atom stereocenters. The smallest absolute Gasteiger partial charge is 0.250 e. The van der Waals surface area contributed by atoms with Crippen molar-refractivity contribution >= 4 is 16.6 Å². The minimum absolute atomic E-state index is 0.155. The summed E-state index contributed by atoms with van der Waals surface area (Å²) in [6.45, 7) is 25.1. The molecule has 0 aliphatic heterocycles. The maximum Gasteiger partial charge on any atom is 0.250 e. The van der Waals surface area contributed by atoms with Gasteiger partial charge in [-0.1, -0.05) is 73.6 Å². The maximum absolute atomic E-state index is 6.65. The molecule has 1 rings (SSSR count). The predicted octanol–water partition coefficient (Wildman–Crippen LogP) is 8.97. The van der Waals surface area contributed by atoms with Crippen molar-refractivity contribution in [1.29, 1.82) is 0 Å². The summed E-state index contributed by atoms with van der Waals surface area (Å²) >= 11 is 0. The van der Waals surface area contributed by atoms with Gasteiger partial charge in [0.05, 0.1) is 0 Å². The summed E-state index contributed by atoms with van der Waals surface area (Å²) in [5.74, 6) is 8.61. The Labute approximate surface area is 195 Å². The standard InChI is InChI=1S/C27H48O2Si2/c1-12-13-14-15-16-17-18-19-23-20-24(28-30(8,9)26(2,3)4)22-25(21-23)29-31(10,11)27(5,6)7/h20-22H,12-16,19H2,1-11H3. The van der Waals surface area contributed by atoms with Gasteiger partial charge in [0.15, 0.2) is 0 Å². The fourth-order valence-electron chi connectivity index (χ4n) is 2.64. The molecule has 2 nitrogen and oxygen atoms in total. The Bertz CT molecular complexity index is 710. The van der Waals surface area contributed by atoms with Crippen LogP contribution in [0.5, 0.6) is 11.5 Å². The fraction of sp³-hybridized carbons (Fsp3) is 0.704. The molecule has 0 spiro atoms. The van der Waals surface area contributed by atoms with Gasteiger partial charge in [-0.15, -0.1) is 5.92 Å². The minimum atomic E-state index is -1.92. The first kappa shape index (κ1) is 27.8. The van der Waals surface area contributed by atoms with Crippen LogP contribution in [-0.2, 0) is 6.42 Å². The molecule has 0 aromatic heterocycles. The molecule has 0 saturated heterocycles. The van der Waals surface area contributed by atoms with Crippen LogP contribution in [0.3, 0.4) is 0 Å². The second kappa shape index (κ2) is 11.1. The molecule has 0 atom stereocenters. The average Bonchev–Trinajstić information content (AvgIpc) is 2.58. The molecule has 31 heavy (non-hydrogen) atoms. The molecule has 0 bridgehead atoms. The third kappa shape index (κ3) is 9.06. The van der Waals surface area contributed by atoms with Gasteiger partial charge in [-0.2, -0.15) is 0 Å². The first-order valence-electron chi connectivity index (χ1n) is 12.1. The van der Waals surface area contributed by atoms with Crippen molar-refractivity contribution < 1.29 is 8.85 Å². The van der Waals surface area contributed by atoms with E-state index in [0.717, 1.165) is 24.3 Å². The number of unbranched alkanes of at least 4 members (excludes halogenated alkanes) is 4. The average molecular weight is 461 g/mol. The molecule has 0 aliphatic rings. The normalized spacial score (nSPS) is 12.9. The molecular formula is C27H48O2Si2. The molecule has 0 fully saturated rings. The lowest BCUT2D eigenvalue weighted by Crippen LogP contribution is -2.44. The van der Waals surface area contributed by atoms with Gasteiger partial charge in [-0.25, -0.2) is 0 Å². The Hall–Kier alpha value is -1.19. The van der Waals surface area contributed by atoms with Crippen LogP contribution in [0.2, 0.25) is 36.3 Å². The predicted molar refractivity (Wildman–Crippen MR) is 142 cm³/mol. The lowest BCUT2D eigenvalue weighted by Gasteiger charge is -2.38. The topological polar surface area (TPSA) is 18.5 Å². The SMILES string of the molecule is CCCCCCC#CCc1cc(O[Si](C)(C)C(C)(C)C)cc(O[Si](C)(C)C(C)(C)C)c1. The van der Waals surface area contributed by atoms with Crippen LogP contribution in [0.1, 0.15) is 86.1 Å². The van der Waals surface area contributed by atoms with E-state index in [0.29, 0.717) is 0 Å². The van der Waals surface area contributed by atoms with Crippen molar-refractivity contribution in [3.05, 3.63) is 23.8 Å². The molecule has 1 aromatic carbocycles. The third-order valence-electron chi connectivity index (χ3n) is 6.87. The van der Waals surface area contributed by atoms with Gasteiger partial charge in [-0.3, -0.25) is 0 Å². The third-order valence-corrected chi connectivity index (χ3v) is 15.6. The second-order valence-corrected chi connectivity index (χ2v) is 21.3. The highest BCUT2D eigenvalue weighted by atomic mass is 28.4.